The van der Waals surface area contributed by atoms with E-state index in [4.69, 9.17) is 4.74 Å². The highest BCUT2D eigenvalue weighted by molar-refractivity contribution is 5.60. The average Bonchev–Trinajstić information content (AvgIpc) is 2.53. The number of aryl methyl sites for hydroxylation is 1. The molecule has 0 amide bonds. The van der Waals surface area contributed by atoms with Crippen molar-refractivity contribution in [3.63, 3.8) is 0 Å². The predicted octanol–water partition coefficient (Wildman–Crippen LogP) is 3.68. The van der Waals surface area contributed by atoms with Crippen LogP contribution >= 0.6 is 0 Å². The maximum Gasteiger partial charge on any atom is 0.165 e. The Hall–Kier alpha value is -2.17. The van der Waals surface area contributed by atoms with Gasteiger partial charge in [0.25, 0.3) is 0 Å². The molecular formula is C16H20FN3O. The van der Waals surface area contributed by atoms with Gasteiger partial charge in [-0.05, 0) is 31.0 Å². The fourth-order valence-electron chi connectivity index (χ4n) is 1.95. The third-order valence-electron chi connectivity index (χ3n) is 3.11. The van der Waals surface area contributed by atoms with Crippen LogP contribution in [0.15, 0.2) is 24.3 Å². The molecule has 0 unspecified atom stereocenters. The van der Waals surface area contributed by atoms with E-state index in [0.29, 0.717) is 5.82 Å². The fraction of sp³-hybridized carbons (Fsp3) is 0.375. The Balaban J connectivity index is 2.42. The van der Waals surface area contributed by atoms with Crippen molar-refractivity contribution in [3.8, 4) is 17.1 Å². The Kier molecular flexibility index (Phi) is 5.09. The smallest absolute Gasteiger partial charge is 0.165 e. The lowest BCUT2D eigenvalue weighted by molar-refractivity contribution is 0.387. The molecule has 1 aromatic heterocycles. The summed E-state index contributed by atoms with van der Waals surface area (Å²) in [6, 6.07) is 6.60. The van der Waals surface area contributed by atoms with Gasteiger partial charge in [-0.3, -0.25) is 0 Å². The van der Waals surface area contributed by atoms with Gasteiger partial charge in [0.15, 0.2) is 17.4 Å². The third kappa shape index (κ3) is 3.68. The lowest BCUT2D eigenvalue weighted by atomic mass is 10.2. The molecule has 0 bridgehead atoms. The molecule has 21 heavy (non-hydrogen) atoms. The van der Waals surface area contributed by atoms with Crippen LogP contribution in [-0.2, 0) is 6.42 Å². The highest BCUT2D eigenvalue weighted by atomic mass is 19.1. The van der Waals surface area contributed by atoms with Gasteiger partial charge in [-0.1, -0.05) is 13.8 Å². The van der Waals surface area contributed by atoms with Crippen LogP contribution in [0.1, 0.15) is 26.0 Å². The predicted molar refractivity (Wildman–Crippen MR) is 82.1 cm³/mol. The van der Waals surface area contributed by atoms with Gasteiger partial charge in [0.2, 0.25) is 0 Å². The number of hydrogen-bond acceptors (Lipinski definition) is 4. The van der Waals surface area contributed by atoms with Crippen LogP contribution in [0.25, 0.3) is 11.4 Å². The second kappa shape index (κ2) is 7.02. The van der Waals surface area contributed by atoms with Crippen LogP contribution in [0.2, 0.25) is 0 Å². The Labute approximate surface area is 124 Å². The minimum absolute atomic E-state index is 0.195. The molecular weight excluding hydrogens is 269 g/mol. The van der Waals surface area contributed by atoms with Gasteiger partial charge in [0, 0.05) is 23.9 Å². The summed E-state index contributed by atoms with van der Waals surface area (Å²) < 4.78 is 18.5. The molecule has 0 aliphatic heterocycles. The number of rotatable bonds is 6. The first-order valence-electron chi connectivity index (χ1n) is 7.13. The Morgan fingerprint density at radius 1 is 1.19 bits per heavy atom. The first kappa shape index (κ1) is 15.2. The molecule has 112 valence electrons. The van der Waals surface area contributed by atoms with Gasteiger partial charge in [-0.2, -0.15) is 0 Å². The number of halogens is 1. The number of aromatic nitrogens is 2. The number of nitrogens with zero attached hydrogens (tertiary/aromatic N) is 2. The molecule has 2 rings (SSSR count). The number of hydrogen-bond donors (Lipinski definition) is 1. The molecule has 1 aromatic carbocycles. The molecule has 0 saturated carbocycles. The summed E-state index contributed by atoms with van der Waals surface area (Å²) in [5.41, 5.74) is 1.69. The minimum Gasteiger partial charge on any atom is -0.494 e. The molecule has 2 aromatic rings. The van der Waals surface area contributed by atoms with E-state index in [0.717, 1.165) is 36.5 Å². The molecule has 4 nitrogen and oxygen atoms in total. The molecule has 0 atom stereocenters. The monoisotopic (exact) mass is 289 g/mol. The minimum atomic E-state index is -0.391. The largest absolute Gasteiger partial charge is 0.494 e. The van der Waals surface area contributed by atoms with Crippen molar-refractivity contribution in [2.24, 2.45) is 0 Å². The number of anilines is 1. The van der Waals surface area contributed by atoms with E-state index in [2.05, 4.69) is 22.2 Å². The highest BCUT2D eigenvalue weighted by Gasteiger charge is 2.10. The topological polar surface area (TPSA) is 47.0 Å². The molecule has 0 aliphatic carbocycles. The second-order valence-corrected chi connectivity index (χ2v) is 4.70. The van der Waals surface area contributed by atoms with Crippen molar-refractivity contribution >= 4 is 5.82 Å². The summed E-state index contributed by atoms with van der Waals surface area (Å²) in [7, 11) is 1.44. The molecule has 1 N–H and O–H groups in total. The standard InChI is InChI=1S/C16H20FN3O/c1-4-8-18-15-10-12(5-2)19-16(20-15)11-6-7-13(17)14(9-11)21-3/h6-7,9-10H,4-5,8H2,1-3H3,(H,18,19,20). The van der Waals surface area contributed by atoms with E-state index in [1.807, 2.05) is 13.0 Å². The summed E-state index contributed by atoms with van der Waals surface area (Å²) in [6.07, 6.45) is 1.83. The van der Waals surface area contributed by atoms with Crippen LogP contribution in [0.5, 0.6) is 5.75 Å². The number of nitrogens with one attached hydrogen (secondary N) is 1. The van der Waals surface area contributed by atoms with Crippen LogP contribution < -0.4 is 10.1 Å². The van der Waals surface area contributed by atoms with E-state index < -0.39 is 5.82 Å². The molecule has 0 spiro atoms. The Morgan fingerprint density at radius 2 is 2.00 bits per heavy atom. The number of ether oxygens (including phenoxy) is 1. The lowest BCUT2D eigenvalue weighted by Crippen LogP contribution is -2.05. The fourth-order valence-corrected chi connectivity index (χ4v) is 1.95. The maximum atomic E-state index is 13.5. The van der Waals surface area contributed by atoms with Gasteiger partial charge >= 0.3 is 0 Å². The summed E-state index contributed by atoms with van der Waals surface area (Å²) in [6.45, 7) is 4.99. The summed E-state index contributed by atoms with van der Waals surface area (Å²) in [5, 5.41) is 3.26. The quantitative estimate of drug-likeness (QED) is 0.881. The molecule has 0 radical (unpaired) electrons. The highest BCUT2D eigenvalue weighted by Crippen LogP contribution is 2.25. The van der Waals surface area contributed by atoms with Gasteiger partial charge < -0.3 is 10.1 Å². The first-order chi connectivity index (χ1) is 10.2. The summed E-state index contributed by atoms with van der Waals surface area (Å²) in [5.74, 6) is 1.17. The van der Waals surface area contributed by atoms with E-state index >= 15 is 0 Å². The maximum absolute atomic E-state index is 13.5. The number of benzene rings is 1. The SMILES string of the molecule is CCCNc1cc(CC)nc(-c2ccc(F)c(OC)c2)n1. The molecule has 0 fully saturated rings. The van der Waals surface area contributed by atoms with Crippen LogP contribution in [0.4, 0.5) is 10.2 Å². The molecule has 5 heteroatoms. The van der Waals surface area contributed by atoms with Gasteiger partial charge in [-0.25, -0.2) is 14.4 Å². The molecule has 0 saturated heterocycles. The molecule has 0 aliphatic rings. The average molecular weight is 289 g/mol. The Bertz CT molecular complexity index is 616. The molecule has 1 heterocycles. The summed E-state index contributed by atoms with van der Waals surface area (Å²) in [4.78, 5) is 9.00. The van der Waals surface area contributed by atoms with Gasteiger partial charge in [0.05, 0.1) is 7.11 Å². The van der Waals surface area contributed by atoms with Crippen molar-refractivity contribution < 1.29 is 9.13 Å². The second-order valence-electron chi connectivity index (χ2n) is 4.70. The van der Waals surface area contributed by atoms with Gasteiger partial charge in [0.1, 0.15) is 5.82 Å². The first-order valence-corrected chi connectivity index (χ1v) is 7.13. The van der Waals surface area contributed by atoms with Crippen molar-refractivity contribution in [1.29, 1.82) is 0 Å². The third-order valence-corrected chi connectivity index (χ3v) is 3.11. The van der Waals surface area contributed by atoms with Crippen LogP contribution in [-0.4, -0.2) is 23.6 Å². The van der Waals surface area contributed by atoms with Crippen LogP contribution in [0, 0.1) is 5.82 Å². The summed E-state index contributed by atoms with van der Waals surface area (Å²) >= 11 is 0. The zero-order valence-corrected chi connectivity index (χ0v) is 12.6. The van der Waals surface area contributed by atoms with Crippen molar-refractivity contribution in [2.75, 3.05) is 19.0 Å². The zero-order chi connectivity index (χ0) is 15.2. The Morgan fingerprint density at radius 3 is 2.67 bits per heavy atom. The number of methoxy groups -OCH3 is 1. The van der Waals surface area contributed by atoms with E-state index in [1.165, 1.54) is 13.2 Å². The zero-order valence-electron chi connectivity index (χ0n) is 12.6. The van der Waals surface area contributed by atoms with Crippen molar-refractivity contribution in [1.82, 2.24) is 9.97 Å². The van der Waals surface area contributed by atoms with Crippen molar-refractivity contribution in [3.05, 3.63) is 35.8 Å². The van der Waals surface area contributed by atoms with Crippen molar-refractivity contribution in [2.45, 2.75) is 26.7 Å². The van der Waals surface area contributed by atoms with Crippen LogP contribution in [0.3, 0.4) is 0 Å². The van der Waals surface area contributed by atoms with Gasteiger partial charge in [-0.15, -0.1) is 0 Å². The van der Waals surface area contributed by atoms with E-state index in [1.54, 1.807) is 12.1 Å². The normalized spacial score (nSPS) is 10.5. The van der Waals surface area contributed by atoms with E-state index in [-0.39, 0.29) is 5.75 Å². The lowest BCUT2D eigenvalue weighted by Gasteiger charge is -2.10. The van der Waals surface area contributed by atoms with E-state index in [9.17, 15) is 4.39 Å².